The summed E-state index contributed by atoms with van der Waals surface area (Å²) in [5.41, 5.74) is -2.36. The number of hydrogen-bond acceptors (Lipinski definition) is 3. The van der Waals surface area contributed by atoms with Crippen LogP contribution in [0.4, 0.5) is 4.79 Å². The van der Waals surface area contributed by atoms with E-state index in [9.17, 15) is 9.59 Å². The average molecular weight is 173 g/mol. The van der Waals surface area contributed by atoms with Gasteiger partial charge in [0.25, 0.3) is 0 Å². The van der Waals surface area contributed by atoms with E-state index in [0.29, 0.717) is 0 Å². The van der Waals surface area contributed by atoms with Crippen molar-refractivity contribution in [2.24, 2.45) is 0 Å². The molecule has 1 rings (SSSR count). The number of cyclic esters (lactones) is 1. The van der Waals surface area contributed by atoms with Gasteiger partial charge >= 0.3 is 12.1 Å². The number of nitrogens with one attached hydrogen (secondary N) is 1. The first-order valence-electron chi connectivity index (χ1n) is 3.54. The molecule has 0 bridgehead atoms. The molecule has 0 aromatic carbocycles. The van der Waals surface area contributed by atoms with Gasteiger partial charge in [-0.3, -0.25) is 0 Å². The molecule has 0 saturated carbocycles. The first-order valence-corrected chi connectivity index (χ1v) is 3.54. The number of amides is 1. The second-order valence-corrected chi connectivity index (χ2v) is 3.45. The van der Waals surface area contributed by atoms with Gasteiger partial charge in [0.1, 0.15) is 5.60 Å². The largest absolute Gasteiger partial charge is 0.479 e. The zero-order valence-corrected chi connectivity index (χ0v) is 7.17. The third-order valence-corrected chi connectivity index (χ3v) is 2.33. The first-order chi connectivity index (χ1) is 5.29. The van der Waals surface area contributed by atoms with Crippen molar-refractivity contribution in [3.05, 3.63) is 0 Å². The first kappa shape index (κ1) is 8.83. The molecule has 5 heteroatoms. The predicted octanol–water partition coefficient (Wildman–Crippen LogP) is 0.348. The number of hydrogen-bond donors (Lipinski definition) is 2. The standard InChI is InChI=1S/C7H11NO4/c1-6(2)7(3,4(9)10)8-5(11)12-6/h1-3H3,(H,8,11)(H,9,10). The molecule has 2 N–H and O–H groups in total. The van der Waals surface area contributed by atoms with Gasteiger partial charge in [0.15, 0.2) is 5.54 Å². The van der Waals surface area contributed by atoms with E-state index >= 15 is 0 Å². The van der Waals surface area contributed by atoms with E-state index < -0.39 is 23.2 Å². The van der Waals surface area contributed by atoms with Crippen LogP contribution >= 0.6 is 0 Å². The minimum Gasteiger partial charge on any atom is -0.479 e. The molecule has 0 aliphatic carbocycles. The summed E-state index contributed by atoms with van der Waals surface area (Å²) in [4.78, 5) is 21.6. The maximum atomic E-state index is 10.8. The Morgan fingerprint density at radius 3 is 2.17 bits per heavy atom. The fraction of sp³-hybridized carbons (Fsp3) is 0.714. The molecule has 1 saturated heterocycles. The molecule has 0 spiro atoms. The van der Waals surface area contributed by atoms with Crippen molar-refractivity contribution < 1.29 is 19.4 Å². The Morgan fingerprint density at radius 2 is 2.00 bits per heavy atom. The van der Waals surface area contributed by atoms with Gasteiger partial charge in [-0.2, -0.15) is 0 Å². The van der Waals surface area contributed by atoms with E-state index in [-0.39, 0.29) is 0 Å². The van der Waals surface area contributed by atoms with Crippen LogP contribution in [0.1, 0.15) is 20.8 Å². The number of carbonyl (C=O) groups excluding carboxylic acids is 1. The Kier molecular flexibility index (Phi) is 1.56. The Bertz CT molecular complexity index is 248. The van der Waals surface area contributed by atoms with Crippen molar-refractivity contribution in [1.82, 2.24) is 5.32 Å². The number of ether oxygens (including phenoxy) is 1. The summed E-state index contributed by atoms with van der Waals surface area (Å²) in [6, 6.07) is 0. The average Bonchev–Trinajstić information content (AvgIpc) is 2.02. The van der Waals surface area contributed by atoms with Crippen LogP contribution in [0.3, 0.4) is 0 Å². The van der Waals surface area contributed by atoms with E-state index in [1.807, 2.05) is 0 Å². The van der Waals surface area contributed by atoms with Gasteiger partial charge < -0.3 is 15.2 Å². The molecule has 1 amide bonds. The summed E-state index contributed by atoms with van der Waals surface area (Å²) in [6.07, 6.45) is -0.690. The summed E-state index contributed by atoms with van der Waals surface area (Å²) in [5, 5.41) is 11.1. The molecule has 0 aromatic rings. The number of rotatable bonds is 1. The highest BCUT2D eigenvalue weighted by Gasteiger charge is 2.57. The van der Waals surface area contributed by atoms with Gasteiger partial charge in [-0.1, -0.05) is 0 Å². The van der Waals surface area contributed by atoms with Crippen LogP contribution in [-0.2, 0) is 9.53 Å². The van der Waals surface area contributed by atoms with E-state index in [2.05, 4.69) is 5.32 Å². The molecule has 0 aromatic heterocycles. The van der Waals surface area contributed by atoms with Crippen molar-refractivity contribution in [1.29, 1.82) is 0 Å². The smallest absolute Gasteiger partial charge is 0.408 e. The van der Waals surface area contributed by atoms with Crippen LogP contribution in [0, 0.1) is 0 Å². The lowest BCUT2D eigenvalue weighted by molar-refractivity contribution is -0.148. The van der Waals surface area contributed by atoms with Gasteiger partial charge in [0.2, 0.25) is 0 Å². The number of carboxylic acid groups (broad SMARTS) is 1. The number of carboxylic acids is 1. The second-order valence-electron chi connectivity index (χ2n) is 3.45. The van der Waals surface area contributed by atoms with Gasteiger partial charge in [-0.25, -0.2) is 9.59 Å². The van der Waals surface area contributed by atoms with Crippen molar-refractivity contribution in [2.75, 3.05) is 0 Å². The third-order valence-electron chi connectivity index (χ3n) is 2.33. The number of aliphatic carboxylic acids is 1. The third kappa shape index (κ3) is 0.929. The monoisotopic (exact) mass is 173 g/mol. The molecule has 68 valence electrons. The molecule has 1 aliphatic heterocycles. The van der Waals surface area contributed by atoms with E-state index in [0.717, 1.165) is 0 Å². The summed E-state index contributed by atoms with van der Waals surface area (Å²) in [5.74, 6) is -1.10. The maximum Gasteiger partial charge on any atom is 0.408 e. The lowest BCUT2D eigenvalue weighted by atomic mass is 9.85. The Hall–Kier alpha value is -1.26. The molecule has 1 atom stereocenters. The highest BCUT2D eigenvalue weighted by atomic mass is 16.6. The van der Waals surface area contributed by atoms with Crippen molar-refractivity contribution in [2.45, 2.75) is 31.9 Å². The fourth-order valence-electron chi connectivity index (χ4n) is 1.02. The normalized spacial score (nSPS) is 32.4. The zero-order valence-electron chi connectivity index (χ0n) is 7.17. The quantitative estimate of drug-likeness (QED) is 0.599. The van der Waals surface area contributed by atoms with Gasteiger partial charge in [0.05, 0.1) is 0 Å². The van der Waals surface area contributed by atoms with Crippen LogP contribution in [0.25, 0.3) is 0 Å². The Balaban J connectivity index is 3.05. The van der Waals surface area contributed by atoms with Gasteiger partial charge in [0, 0.05) is 0 Å². The summed E-state index contributed by atoms with van der Waals surface area (Å²) in [7, 11) is 0. The molecule has 1 heterocycles. The van der Waals surface area contributed by atoms with Crippen LogP contribution in [0.15, 0.2) is 0 Å². The molecule has 5 nitrogen and oxygen atoms in total. The molecule has 0 radical (unpaired) electrons. The number of carbonyl (C=O) groups is 2. The zero-order chi connectivity index (χ0) is 9.57. The van der Waals surface area contributed by atoms with Crippen molar-refractivity contribution >= 4 is 12.1 Å². The fourth-order valence-corrected chi connectivity index (χ4v) is 1.02. The molecular weight excluding hydrogens is 162 g/mol. The van der Waals surface area contributed by atoms with Gasteiger partial charge in [-0.15, -0.1) is 0 Å². The second kappa shape index (κ2) is 2.12. The highest BCUT2D eigenvalue weighted by molar-refractivity contribution is 5.88. The Labute approximate surface area is 69.7 Å². The molecular formula is C7H11NO4. The van der Waals surface area contributed by atoms with E-state index in [1.54, 1.807) is 13.8 Å². The summed E-state index contributed by atoms with van der Waals surface area (Å²) < 4.78 is 4.79. The molecule has 1 unspecified atom stereocenters. The van der Waals surface area contributed by atoms with Crippen LogP contribution < -0.4 is 5.32 Å². The lowest BCUT2D eigenvalue weighted by Crippen LogP contribution is -2.57. The van der Waals surface area contributed by atoms with Gasteiger partial charge in [-0.05, 0) is 20.8 Å². The summed E-state index contributed by atoms with van der Waals surface area (Å²) >= 11 is 0. The highest BCUT2D eigenvalue weighted by Crippen LogP contribution is 2.31. The lowest BCUT2D eigenvalue weighted by Gasteiger charge is -2.29. The number of alkyl carbamates (subject to hydrolysis) is 1. The topological polar surface area (TPSA) is 75.6 Å². The van der Waals surface area contributed by atoms with Crippen LogP contribution in [-0.4, -0.2) is 28.3 Å². The summed E-state index contributed by atoms with van der Waals surface area (Å²) in [6.45, 7) is 4.53. The molecule has 1 aliphatic rings. The SMILES string of the molecule is CC1(C)OC(=O)NC1(C)C(=O)O. The maximum absolute atomic E-state index is 10.8. The van der Waals surface area contributed by atoms with Crippen molar-refractivity contribution in [3.8, 4) is 0 Å². The van der Waals surface area contributed by atoms with Crippen LogP contribution in [0.2, 0.25) is 0 Å². The molecule has 12 heavy (non-hydrogen) atoms. The molecule has 1 fully saturated rings. The minimum atomic E-state index is -1.34. The Morgan fingerprint density at radius 1 is 1.50 bits per heavy atom. The van der Waals surface area contributed by atoms with Crippen LogP contribution in [0.5, 0.6) is 0 Å². The predicted molar refractivity (Wildman–Crippen MR) is 39.7 cm³/mol. The van der Waals surface area contributed by atoms with E-state index in [1.165, 1.54) is 6.92 Å². The minimum absolute atomic E-state index is 0.690. The van der Waals surface area contributed by atoms with E-state index in [4.69, 9.17) is 9.84 Å². The van der Waals surface area contributed by atoms with Crippen molar-refractivity contribution in [3.63, 3.8) is 0 Å².